The van der Waals surface area contributed by atoms with Crippen molar-refractivity contribution in [2.75, 3.05) is 9.80 Å². The third kappa shape index (κ3) is 3.40. The molecule has 3 heterocycles. The fraction of sp³-hybridized carbons (Fsp3) is 0.120. The van der Waals surface area contributed by atoms with E-state index in [1.807, 2.05) is 70.6 Å². The van der Waals surface area contributed by atoms with E-state index in [0.717, 1.165) is 17.7 Å². The number of rotatable bonds is 2. The molecule has 2 aliphatic rings. The summed E-state index contributed by atoms with van der Waals surface area (Å²) >= 11 is 6.34. The van der Waals surface area contributed by atoms with E-state index in [0.29, 0.717) is 17.9 Å². The van der Waals surface area contributed by atoms with Gasteiger partial charge in [-0.25, -0.2) is 4.98 Å². The molecule has 1 unspecified atom stereocenters. The first-order valence-electron chi connectivity index (χ1n) is 9.91. The minimum Gasteiger partial charge on any atom is -0.313 e. The fourth-order valence-electron chi connectivity index (χ4n) is 3.95. The summed E-state index contributed by atoms with van der Waals surface area (Å²) in [5, 5.41) is 0. The van der Waals surface area contributed by atoms with Crippen molar-refractivity contribution in [3.05, 3.63) is 114 Å². The average molecular weight is 414 g/mol. The predicted octanol–water partition coefficient (Wildman–Crippen LogP) is 5.29. The van der Waals surface area contributed by atoms with Gasteiger partial charge in [0.15, 0.2) is 0 Å². The first-order valence-corrected chi connectivity index (χ1v) is 10.3. The molecule has 148 valence electrons. The third-order valence-electron chi connectivity index (χ3n) is 5.51. The largest absolute Gasteiger partial charge is 0.313 e. The lowest BCUT2D eigenvalue weighted by Gasteiger charge is -2.26. The molecular formula is C25H20ClN3O. The number of carbonyl (C=O) groups is 1. The monoisotopic (exact) mass is 413 g/mol. The fourth-order valence-corrected chi connectivity index (χ4v) is 4.20. The van der Waals surface area contributed by atoms with Crippen molar-refractivity contribution in [1.82, 2.24) is 4.98 Å². The first kappa shape index (κ1) is 18.6. The number of pyridine rings is 1. The minimum absolute atomic E-state index is 0.0605. The molecule has 0 spiro atoms. The van der Waals surface area contributed by atoms with Gasteiger partial charge in [0, 0.05) is 18.1 Å². The maximum Gasteiger partial charge on any atom is 0.260 e. The van der Waals surface area contributed by atoms with E-state index in [4.69, 9.17) is 11.6 Å². The molecule has 5 rings (SSSR count). The number of halogens is 1. The summed E-state index contributed by atoms with van der Waals surface area (Å²) in [6.07, 6.45) is 10.0. The first-order chi connectivity index (χ1) is 14.7. The number of nitrogens with zero attached hydrogens (tertiary/aromatic N) is 3. The summed E-state index contributed by atoms with van der Waals surface area (Å²) < 4.78 is 0. The van der Waals surface area contributed by atoms with Gasteiger partial charge in [-0.15, -0.1) is 0 Å². The molecule has 0 N–H and O–H groups in total. The normalized spacial score (nSPS) is 17.3. The van der Waals surface area contributed by atoms with Crippen LogP contribution < -0.4 is 9.80 Å². The van der Waals surface area contributed by atoms with E-state index in [2.05, 4.69) is 29.2 Å². The molecule has 1 atom stereocenters. The highest BCUT2D eigenvalue weighted by Crippen LogP contribution is 2.32. The summed E-state index contributed by atoms with van der Waals surface area (Å²) in [5.41, 5.74) is 4.78. The molecule has 5 heteroatoms. The third-order valence-corrected chi connectivity index (χ3v) is 5.86. The number of carbonyl (C=O) groups excluding carboxylic acids is 1. The summed E-state index contributed by atoms with van der Waals surface area (Å²) in [6, 6.07) is 20.1. The molecule has 0 radical (unpaired) electrons. The Morgan fingerprint density at radius 1 is 0.933 bits per heavy atom. The van der Waals surface area contributed by atoms with Crippen LogP contribution in [0.25, 0.3) is 0 Å². The van der Waals surface area contributed by atoms with Gasteiger partial charge in [0.2, 0.25) is 0 Å². The van der Waals surface area contributed by atoms with E-state index in [1.165, 1.54) is 11.1 Å². The zero-order valence-corrected chi connectivity index (χ0v) is 17.0. The van der Waals surface area contributed by atoms with Gasteiger partial charge in [0.05, 0.1) is 12.1 Å². The van der Waals surface area contributed by atoms with Crippen LogP contribution in [0.4, 0.5) is 11.5 Å². The van der Waals surface area contributed by atoms with Crippen LogP contribution in [0.5, 0.6) is 0 Å². The number of aromatic nitrogens is 1. The molecule has 0 aliphatic carbocycles. The zero-order valence-electron chi connectivity index (χ0n) is 16.3. The van der Waals surface area contributed by atoms with Crippen LogP contribution in [-0.4, -0.2) is 16.4 Å². The van der Waals surface area contributed by atoms with Crippen LogP contribution in [0.3, 0.4) is 0 Å². The number of para-hydroxylation sites is 1. The topological polar surface area (TPSA) is 36.4 Å². The van der Waals surface area contributed by atoms with Crippen molar-refractivity contribution in [1.29, 1.82) is 0 Å². The lowest BCUT2D eigenvalue weighted by molar-refractivity contribution is 0.0985. The number of amides is 1. The Bertz CT molecular complexity index is 1150. The standard InChI is InChI=1S/C25H20ClN3O/c26-23-11-5-6-14-28(23)24-13-12-20(16-27-24)25(30)29-17-21-9-2-1-7-18(21)15-19-8-3-4-10-22(19)29/h1-14,16,23H,15,17H2. The molecule has 2 aromatic carbocycles. The highest BCUT2D eigenvalue weighted by Gasteiger charge is 2.25. The van der Waals surface area contributed by atoms with Gasteiger partial charge in [0.25, 0.3) is 5.91 Å². The molecule has 0 saturated heterocycles. The average Bonchev–Trinajstić information content (AvgIpc) is 2.96. The van der Waals surface area contributed by atoms with E-state index >= 15 is 0 Å². The predicted molar refractivity (Wildman–Crippen MR) is 121 cm³/mol. The van der Waals surface area contributed by atoms with Gasteiger partial charge in [-0.05, 0) is 53.5 Å². The van der Waals surface area contributed by atoms with Crippen LogP contribution in [0.1, 0.15) is 27.0 Å². The summed E-state index contributed by atoms with van der Waals surface area (Å²) in [6.45, 7) is 0.539. The minimum atomic E-state index is -0.293. The van der Waals surface area contributed by atoms with Crippen molar-refractivity contribution in [2.45, 2.75) is 18.5 Å². The van der Waals surface area contributed by atoms with Gasteiger partial charge in [-0.2, -0.15) is 0 Å². The summed E-state index contributed by atoms with van der Waals surface area (Å²) in [5.74, 6) is 0.642. The maximum absolute atomic E-state index is 13.5. The van der Waals surface area contributed by atoms with E-state index in [-0.39, 0.29) is 11.4 Å². The summed E-state index contributed by atoms with van der Waals surface area (Å²) in [4.78, 5) is 21.7. The molecule has 1 amide bonds. The van der Waals surface area contributed by atoms with Gasteiger partial charge in [-0.1, -0.05) is 60.1 Å². The number of allylic oxidation sites excluding steroid dienone is 2. The van der Waals surface area contributed by atoms with Gasteiger partial charge in [-0.3, -0.25) is 4.79 Å². The molecule has 4 nitrogen and oxygen atoms in total. The SMILES string of the molecule is O=C(c1ccc(N2C=CC=CC2Cl)nc1)N1Cc2ccccc2Cc2ccccc21. The number of hydrogen-bond acceptors (Lipinski definition) is 3. The molecule has 0 bridgehead atoms. The second-order valence-corrected chi connectivity index (χ2v) is 7.82. The van der Waals surface area contributed by atoms with Crippen molar-refractivity contribution >= 4 is 29.0 Å². The van der Waals surface area contributed by atoms with Crippen LogP contribution >= 0.6 is 11.6 Å². The summed E-state index contributed by atoms with van der Waals surface area (Å²) in [7, 11) is 0. The number of fused-ring (bicyclic) bond motifs is 2. The van der Waals surface area contributed by atoms with Crippen LogP contribution in [0.2, 0.25) is 0 Å². The Balaban J connectivity index is 1.48. The Morgan fingerprint density at radius 2 is 1.70 bits per heavy atom. The smallest absolute Gasteiger partial charge is 0.260 e. The highest BCUT2D eigenvalue weighted by molar-refractivity contribution is 6.23. The van der Waals surface area contributed by atoms with Crippen LogP contribution in [-0.2, 0) is 13.0 Å². The molecule has 30 heavy (non-hydrogen) atoms. The van der Waals surface area contributed by atoms with Crippen molar-refractivity contribution in [2.24, 2.45) is 0 Å². The van der Waals surface area contributed by atoms with Gasteiger partial charge in [0.1, 0.15) is 11.3 Å². The second kappa shape index (κ2) is 7.81. The number of anilines is 2. The molecule has 0 fully saturated rings. The Labute approximate surface area is 180 Å². The van der Waals surface area contributed by atoms with Crippen molar-refractivity contribution in [3.8, 4) is 0 Å². The Kier molecular flexibility index (Phi) is 4.85. The second-order valence-electron chi connectivity index (χ2n) is 7.38. The number of alkyl halides is 1. The van der Waals surface area contributed by atoms with Gasteiger partial charge >= 0.3 is 0 Å². The highest BCUT2D eigenvalue weighted by atomic mass is 35.5. The van der Waals surface area contributed by atoms with Crippen molar-refractivity contribution < 1.29 is 4.79 Å². The van der Waals surface area contributed by atoms with Gasteiger partial charge < -0.3 is 9.80 Å². The molecule has 1 aromatic heterocycles. The Hall–Kier alpha value is -3.37. The molecule has 3 aromatic rings. The number of benzene rings is 2. The van der Waals surface area contributed by atoms with Crippen LogP contribution in [0, 0.1) is 0 Å². The lowest BCUT2D eigenvalue weighted by Crippen LogP contribution is -2.31. The Morgan fingerprint density at radius 3 is 2.47 bits per heavy atom. The van der Waals surface area contributed by atoms with Crippen LogP contribution in [0.15, 0.2) is 91.3 Å². The maximum atomic E-state index is 13.5. The van der Waals surface area contributed by atoms with E-state index < -0.39 is 0 Å². The van der Waals surface area contributed by atoms with E-state index in [9.17, 15) is 4.79 Å². The quantitative estimate of drug-likeness (QED) is 0.423. The van der Waals surface area contributed by atoms with Crippen molar-refractivity contribution in [3.63, 3.8) is 0 Å². The molecular weight excluding hydrogens is 394 g/mol. The van der Waals surface area contributed by atoms with E-state index in [1.54, 1.807) is 6.20 Å². The lowest BCUT2D eigenvalue weighted by atomic mass is 10.0. The number of hydrogen-bond donors (Lipinski definition) is 0. The zero-order chi connectivity index (χ0) is 20.5. The molecule has 0 saturated carbocycles. The molecule has 2 aliphatic heterocycles.